The highest BCUT2D eigenvalue weighted by Crippen LogP contribution is 2.27. The molecule has 1 aliphatic carbocycles. The number of carbonyl (C=O) groups is 2. The summed E-state index contributed by atoms with van der Waals surface area (Å²) >= 11 is 3.39. The Morgan fingerprint density at radius 3 is 2.47 bits per heavy atom. The molecule has 2 aliphatic rings. The van der Waals surface area contributed by atoms with Gasteiger partial charge in [-0.2, -0.15) is 0 Å². The number of nitrogens with one attached hydrogen (secondary N) is 3. The molecule has 4 rings (SSSR count). The average Bonchev–Trinajstić information content (AvgIpc) is 3.44. The van der Waals surface area contributed by atoms with E-state index in [1.54, 1.807) is 17.0 Å². The lowest BCUT2D eigenvalue weighted by Gasteiger charge is -2.17. The van der Waals surface area contributed by atoms with Crippen molar-refractivity contribution >= 4 is 49.1 Å². The Bertz CT molecular complexity index is 1070. The van der Waals surface area contributed by atoms with E-state index in [1.807, 2.05) is 24.3 Å². The van der Waals surface area contributed by atoms with Crippen molar-refractivity contribution in [3.8, 4) is 0 Å². The van der Waals surface area contributed by atoms with Crippen molar-refractivity contribution in [2.24, 2.45) is 5.92 Å². The van der Waals surface area contributed by atoms with Crippen LogP contribution in [-0.2, 0) is 19.6 Å². The molecule has 1 saturated heterocycles. The van der Waals surface area contributed by atoms with Gasteiger partial charge in [-0.25, -0.2) is 13.1 Å². The van der Waals surface area contributed by atoms with Gasteiger partial charge in [-0.05, 0) is 61.7 Å². The van der Waals surface area contributed by atoms with E-state index < -0.39 is 21.8 Å². The molecule has 2 aromatic carbocycles. The van der Waals surface area contributed by atoms with Crippen LogP contribution in [0, 0.1) is 5.92 Å². The zero-order valence-electron chi connectivity index (χ0n) is 16.0. The highest BCUT2D eigenvalue weighted by atomic mass is 79.9. The maximum Gasteiger partial charge on any atom is 0.250 e. The number of amides is 2. The van der Waals surface area contributed by atoms with Crippen LogP contribution in [0.5, 0.6) is 0 Å². The molecule has 0 spiro atoms. The van der Waals surface area contributed by atoms with E-state index in [9.17, 15) is 18.0 Å². The van der Waals surface area contributed by atoms with Gasteiger partial charge in [0.1, 0.15) is 5.92 Å². The number of nitrogens with zero attached hydrogens (tertiary/aromatic N) is 1. The fourth-order valence-electron chi connectivity index (χ4n) is 3.25. The predicted octanol–water partition coefficient (Wildman–Crippen LogP) is 2.39. The minimum atomic E-state index is -3.52. The molecule has 10 heteroatoms. The third kappa shape index (κ3) is 4.66. The topological polar surface area (TPSA) is 108 Å². The van der Waals surface area contributed by atoms with Crippen LogP contribution in [0.4, 0.5) is 11.4 Å². The van der Waals surface area contributed by atoms with Crippen LogP contribution in [0.25, 0.3) is 0 Å². The van der Waals surface area contributed by atoms with Gasteiger partial charge in [-0.15, -0.1) is 0 Å². The van der Waals surface area contributed by atoms with Crippen molar-refractivity contribution in [3.05, 3.63) is 53.0 Å². The van der Waals surface area contributed by atoms with E-state index in [-0.39, 0.29) is 16.8 Å². The molecule has 30 heavy (non-hydrogen) atoms. The molecule has 2 amide bonds. The van der Waals surface area contributed by atoms with E-state index >= 15 is 0 Å². The summed E-state index contributed by atoms with van der Waals surface area (Å²) < 4.78 is 27.9. The molecule has 1 heterocycles. The average molecular weight is 493 g/mol. The third-order valence-corrected chi connectivity index (χ3v) is 7.07. The van der Waals surface area contributed by atoms with Crippen molar-refractivity contribution in [2.75, 3.05) is 16.9 Å². The molecule has 8 nitrogen and oxygen atoms in total. The second kappa shape index (κ2) is 8.37. The first-order valence-electron chi connectivity index (χ1n) is 9.59. The standard InChI is InChI=1S/C20H21BrN4O4S/c21-13-2-1-3-16(12-13)25-11-10-18(20(25)27)19(26)23-22-14-6-8-17(9-7-14)30(28,29)24-15-4-5-15/h1-3,6-9,12,15,18,22,24H,4-5,10-11H2,(H,23,26). The number of rotatable bonds is 7. The summed E-state index contributed by atoms with van der Waals surface area (Å²) in [5.74, 6) is -1.46. The Kier molecular flexibility index (Phi) is 5.81. The Morgan fingerprint density at radius 1 is 1.07 bits per heavy atom. The lowest BCUT2D eigenvalue weighted by molar-refractivity contribution is -0.131. The molecule has 1 saturated carbocycles. The van der Waals surface area contributed by atoms with E-state index in [4.69, 9.17) is 0 Å². The van der Waals surface area contributed by atoms with Gasteiger partial charge < -0.3 is 4.90 Å². The SMILES string of the molecule is O=C(NNc1ccc(S(=O)(=O)NC2CC2)cc1)C1CCN(c2cccc(Br)c2)C1=O. The summed E-state index contributed by atoms with van der Waals surface area (Å²) in [4.78, 5) is 26.9. The maximum absolute atomic E-state index is 12.7. The minimum absolute atomic E-state index is 0.0348. The molecule has 3 N–H and O–H groups in total. The monoisotopic (exact) mass is 492 g/mol. The minimum Gasteiger partial charge on any atom is -0.312 e. The molecule has 0 bridgehead atoms. The summed E-state index contributed by atoms with van der Waals surface area (Å²) in [6.07, 6.45) is 2.15. The van der Waals surface area contributed by atoms with Crippen LogP contribution in [0.3, 0.4) is 0 Å². The van der Waals surface area contributed by atoms with Crippen molar-refractivity contribution in [3.63, 3.8) is 0 Å². The van der Waals surface area contributed by atoms with Gasteiger partial charge in [0.25, 0.3) is 5.91 Å². The first-order chi connectivity index (χ1) is 14.3. The third-order valence-electron chi connectivity index (χ3n) is 5.04. The van der Waals surface area contributed by atoms with Gasteiger partial charge in [-0.1, -0.05) is 22.0 Å². The number of hydrazine groups is 1. The first kappa shape index (κ1) is 20.8. The van der Waals surface area contributed by atoms with Crippen molar-refractivity contribution in [1.29, 1.82) is 0 Å². The first-order valence-corrected chi connectivity index (χ1v) is 11.9. The molecule has 1 unspecified atom stereocenters. The zero-order valence-corrected chi connectivity index (χ0v) is 18.4. The number of carbonyl (C=O) groups excluding carboxylic acids is 2. The molecular weight excluding hydrogens is 472 g/mol. The Balaban J connectivity index is 1.34. The molecule has 0 radical (unpaired) electrons. The van der Waals surface area contributed by atoms with Crippen molar-refractivity contribution in [1.82, 2.24) is 10.1 Å². The number of hydrogen-bond donors (Lipinski definition) is 3. The van der Waals surface area contributed by atoms with Crippen LogP contribution in [-0.4, -0.2) is 32.8 Å². The summed E-state index contributed by atoms with van der Waals surface area (Å²) in [5.41, 5.74) is 6.55. The Morgan fingerprint density at radius 2 is 1.80 bits per heavy atom. The van der Waals surface area contributed by atoms with E-state index in [0.717, 1.165) is 23.0 Å². The van der Waals surface area contributed by atoms with Crippen LogP contribution >= 0.6 is 15.9 Å². The Hall–Kier alpha value is -2.43. The number of sulfonamides is 1. The van der Waals surface area contributed by atoms with E-state index in [1.165, 1.54) is 12.1 Å². The maximum atomic E-state index is 12.7. The van der Waals surface area contributed by atoms with Gasteiger partial charge in [0.15, 0.2) is 0 Å². The molecule has 1 aliphatic heterocycles. The summed E-state index contributed by atoms with van der Waals surface area (Å²) in [6.45, 7) is 0.466. The molecular formula is C20H21BrN4O4S. The van der Waals surface area contributed by atoms with E-state index in [0.29, 0.717) is 18.7 Å². The van der Waals surface area contributed by atoms with Crippen molar-refractivity contribution in [2.45, 2.75) is 30.2 Å². The predicted molar refractivity (Wildman–Crippen MR) is 116 cm³/mol. The van der Waals surface area contributed by atoms with Crippen LogP contribution in [0.2, 0.25) is 0 Å². The highest BCUT2D eigenvalue weighted by Gasteiger charge is 2.37. The fraction of sp³-hybridized carbons (Fsp3) is 0.300. The van der Waals surface area contributed by atoms with Gasteiger partial charge in [-0.3, -0.25) is 20.4 Å². The summed E-state index contributed by atoms with van der Waals surface area (Å²) in [5, 5.41) is 0. The van der Waals surface area contributed by atoms with Crippen LogP contribution in [0.1, 0.15) is 19.3 Å². The van der Waals surface area contributed by atoms with Gasteiger partial charge >= 0.3 is 0 Å². The second-order valence-electron chi connectivity index (χ2n) is 7.35. The number of anilines is 2. The normalized spacial score (nSPS) is 19.0. The lowest BCUT2D eigenvalue weighted by atomic mass is 10.1. The van der Waals surface area contributed by atoms with Crippen LogP contribution in [0.15, 0.2) is 57.9 Å². The zero-order chi connectivity index (χ0) is 21.3. The highest BCUT2D eigenvalue weighted by molar-refractivity contribution is 9.10. The van der Waals surface area contributed by atoms with E-state index in [2.05, 4.69) is 31.5 Å². The molecule has 158 valence electrons. The molecule has 2 fully saturated rings. The lowest BCUT2D eigenvalue weighted by Crippen LogP contribution is -2.39. The number of benzene rings is 2. The fourth-order valence-corrected chi connectivity index (χ4v) is 4.94. The largest absolute Gasteiger partial charge is 0.312 e. The molecule has 2 aromatic rings. The smallest absolute Gasteiger partial charge is 0.250 e. The summed E-state index contributed by atoms with van der Waals surface area (Å²) in [7, 11) is -3.52. The summed E-state index contributed by atoms with van der Waals surface area (Å²) in [6, 6.07) is 13.5. The van der Waals surface area contributed by atoms with Crippen molar-refractivity contribution < 1.29 is 18.0 Å². The van der Waals surface area contributed by atoms with Gasteiger partial charge in [0.05, 0.1) is 10.6 Å². The number of halogens is 1. The molecule has 0 aromatic heterocycles. The van der Waals surface area contributed by atoms with Gasteiger partial charge in [0.2, 0.25) is 15.9 Å². The Labute approximate surface area is 183 Å². The number of hydrogen-bond acceptors (Lipinski definition) is 5. The quantitative estimate of drug-likeness (QED) is 0.406. The van der Waals surface area contributed by atoms with Gasteiger partial charge in [0, 0.05) is 22.7 Å². The second-order valence-corrected chi connectivity index (χ2v) is 9.97. The molecule has 1 atom stereocenters. The van der Waals surface area contributed by atoms with Crippen LogP contribution < -0.4 is 20.5 Å².